The molecule has 0 amide bonds. The van der Waals surface area contributed by atoms with E-state index in [1.165, 1.54) is 18.2 Å². The van der Waals surface area contributed by atoms with Gasteiger partial charge in [0.2, 0.25) is 0 Å². The second-order valence-corrected chi connectivity index (χ2v) is 5.02. The van der Waals surface area contributed by atoms with Crippen molar-refractivity contribution >= 4 is 27.1 Å². The number of rotatable bonds is 3. The molecule has 0 saturated carbocycles. The van der Waals surface area contributed by atoms with E-state index in [2.05, 4.69) is 0 Å². The lowest BCUT2D eigenvalue weighted by molar-refractivity contribution is 0.597. The van der Waals surface area contributed by atoms with Gasteiger partial charge in [0.05, 0.1) is 16.3 Å². The standard InChI is InChI=1S/C8H9ClNO2S/c9-4-5-13(11,12)8-3-1-2-7(10)6-8/h1-3,6,10H,4-5H2. The van der Waals surface area contributed by atoms with Crippen molar-refractivity contribution in [1.82, 2.24) is 5.73 Å². The van der Waals surface area contributed by atoms with Crippen LogP contribution in [0, 0.1) is 0 Å². The van der Waals surface area contributed by atoms with Crippen molar-refractivity contribution in [3.05, 3.63) is 24.3 Å². The van der Waals surface area contributed by atoms with Crippen LogP contribution in [0.1, 0.15) is 0 Å². The Hall–Kier alpha value is -0.740. The summed E-state index contributed by atoms with van der Waals surface area (Å²) >= 11 is 5.35. The quantitative estimate of drug-likeness (QED) is 0.724. The van der Waals surface area contributed by atoms with E-state index in [0.717, 1.165) is 0 Å². The third-order valence-electron chi connectivity index (χ3n) is 1.54. The van der Waals surface area contributed by atoms with E-state index in [1.807, 2.05) is 0 Å². The fourth-order valence-electron chi connectivity index (χ4n) is 0.909. The minimum absolute atomic E-state index is 0.0740. The molecular formula is C8H9ClNO2S. The van der Waals surface area contributed by atoms with Crippen LogP contribution in [-0.4, -0.2) is 20.1 Å². The van der Waals surface area contributed by atoms with E-state index in [1.54, 1.807) is 6.07 Å². The van der Waals surface area contributed by atoms with Crippen molar-refractivity contribution in [2.75, 3.05) is 11.6 Å². The number of benzene rings is 1. The van der Waals surface area contributed by atoms with Gasteiger partial charge in [-0.05, 0) is 18.2 Å². The third kappa shape index (κ3) is 2.60. The molecule has 3 nitrogen and oxygen atoms in total. The van der Waals surface area contributed by atoms with Gasteiger partial charge in [-0.15, -0.1) is 11.6 Å². The van der Waals surface area contributed by atoms with Crippen LogP contribution in [0.3, 0.4) is 0 Å². The largest absolute Gasteiger partial charge is 0.301 e. The summed E-state index contributed by atoms with van der Waals surface area (Å²) in [5.41, 5.74) is 7.44. The summed E-state index contributed by atoms with van der Waals surface area (Å²) < 4.78 is 22.8. The smallest absolute Gasteiger partial charge is 0.179 e. The molecule has 1 rings (SSSR count). The second kappa shape index (κ2) is 3.98. The highest BCUT2D eigenvalue weighted by molar-refractivity contribution is 7.91. The molecule has 0 aromatic heterocycles. The van der Waals surface area contributed by atoms with Gasteiger partial charge in [-0.3, -0.25) is 0 Å². The Bertz CT molecular complexity index is 389. The third-order valence-corrected chi connectivity index (χ3v) is 3.67. The fraction of sp³-hybridized carbons (Fsp3) is 0.250. The van der Waals surface area contributed by atoms with Gasteiger partial charge in [-0.1, -0.05) is 6.07 Å². The van der Waals surface area contributed by atoms with E-state index in [4.69, 9.17) is 17.3 Å². The molecule has 0 fully saturated rings. The van der Waals surface area contributed by atoms with Crippen LogP contribution in [0.5, 0.6) is 0 Å². The van der Waals surface area contributed by atoms with Gasteiger partial charge in [-0.2, -0.15) is 0 Å². The molecule has 13 heavy (non-hydrogen) atoms. The molecule has 0 saturated heterocycles. The van der Waals surface area contributed by atoms with Gasteiger partial charge in [0.25, 0.3) is 0 Å². The van der Waals surface area contributed by atoms with Gasteiger partial charge in [0, 0.05) is 5.88 Å². The zero-order valence-corrected chi connectivity index (χ0v) is 8.40. The van der Waals surface area contributed by atoms with Crippen LogP contribution in [0.15, 0.2) is 29.2 Å². The molecule has 71 valence electrons. The molecule has 0 atom stereocenters. The van der Waals surface area contributed by atoms with Crippen molar-refractivity contribution in [2.45, 2.75) is 4.90 Å². The average molecular weight is 219 g/mol. The molecule has 0 aliphatic rings. The Morgan fingerprint density at radius 1 is 1.38 bits per heavy atom. The van der Waals surface area contributed by atoms with Crippen molar-refractivity contribution < 1.29 is 8.42 Å². The predicted molar refractivity (Wildman–Crippen MR) is 52.0 cm³/mol. The molecule has 1 aromatic carbocycles. The molecule has 5 heteroatoms. The van der Waals surface area contributed by atoms with Crippen LogP contribution in [0.2, 0.25) is 0 Å². The Kier molecular flexibility index (Phi) is 3.17. The number of hydrogen-bond acceptors (Lipinski definition) is 2. The van der Waals surface area contributed by atoms with Gasteiger partial charge in [0.1, 0.15) is 0 Å². The van der Waals surface area contributed by atoms with Gasteiger partial charge >= 0.3 is 0 Å². The molecule has 1 N–H and O–H groups in total. The second-order valence-electron chi connectivity index (χ2n) is 2.54. The van der Waals surface area contributed by atoms with Gasteiger partial charge in [0.15, 0.2) is 9.84 Å². The van der Waals surface area contributed by atoms with Crippen LogP contribution in [0.25, 0.3) is 0 Å². The summed E-state index contributed by atoms with van der Waals surface area (Å²) in [6, 6.07) is 5.87. The summed E-state index contributed by atoms with van der Waals surface area (Å²) in [7, 11) is -3.28. The fourth-order valence-corrected chi connectivity index (χ4v) is 2.55. The van der Waals surface area contributed by atoms with Crippen LogP contribution in [0.4, 0.5) is 5.69 Å². The normalized spacial score (nSPS) is 11.5. The molecule has 0 spiro atoms. The van der Waals surface area contributed by atoms with Crippen LogP contribution in [-0.2, 0) is 9.84 Å². The number of alkyl halides is 1. The van der Waals surface area contributed by atoms with Crippen molar-refractivity contribution in [3.8, 4) is 0 Å². The topological polar surface area (TPSA) is 57.9 Å². The SMILES string of the molecule is [NH]c1cccc(S(=O)(=O)CCCl)c1. The predicted octanol–water partition coefficient (Wildman–Crippen LogP) is 1.61. The van der Waals surface area contributed by atoms with E-state index in [9.17, 15) is 8.42 Å². The minimum Gasteiger partial charge on any atom is -0.301 e. The van der Waals surface area contributed by atoms with E-state index < -0.39 is 9.84 Å². The number of hydrogen-bond donors (Lipinski definition) is 0. The molecule has 1 aromatic rings. The Balaban J connectivity index is 3.08. The Morgan fingerprint density at radius 2 is 2.08 bits per heavy atom. The lowest BCUT2D eigenvalue weighted by Crippen LogP contribution is -2.07. The minimum atomic E-state index is -3.28. The maximum absolute atomic E-state index is 11.4. The molecule has 0 aliphatic carbocycles. The Labute approximate surface area is 82.4 Å². The Morgan fingerprint density at radius 3 is 2.62 bits per heavy atom. The first kappa shape index (κ1) is 10.3. The summed E-state index contributed by atoms with van der Waals surface area (Å²) in [5.74, 6) is -0.0113. The summed E-state index contributed by atoms with van der Waals surface area (Å²) in [6.45, 7) is 0. The lowest BCUT2D eigenvalue weighted by atomic mass is 10.3. The van der Waals surface area contributed by atoms with E-state index >= 15 is 0 Å². The monoisotopic (exact) mass is 218 g/mol. The zero-order chi connectivity index (χ0) is 9.90. The molecular weight excluding hydrogens is 210 g/mol. The van der Waals surface area contributed by atoms with E-state index in [-0.39, 0.29) is 22.2 Å². The molecule has 0 bridgehead atoms. The highest BCUT2D eigenvalue weighted by Gasteiger charge is 2.12. The maximum atomic E-state index is 11.4. The molecule has 0 aliphatic heterocycles. The maximum Gasteiger partial charge on any atom is 0.179 e. The van der Waals surface area contributed by atoms with Crippen LogP contribution < -0.4 is 5.73 Å². The van der Waals surface area contributed by atoms with Crippen molar-refractivity contribution in [1.29, 1.82) is 0 Å². The number of halogens is 1. The first-order valence-electron chi connectivity index (χ1n) is 3.66. The van der Waals surface area contributed by atoms with Gasteiger partial charge < -0.3 is 5.73 Å². The summed E-state index contributed by atoms with van der Waals surface area (Å²) in [5, 5.41) is 0. The van der Waals surface area contributed by atoms with E-state index in [0.29, 0.717) is 0 Å². The van der Waals surface area contributed by atoms with Crippen molar-refractivity contribution in [2.24, 2.45) is 0 Å². The average Bonchev–Trinajstić information content (AvgIpc) is 2.04. The number of nitrogens with one attached hydrogen (secondary N) is 1. The summed E-state index contributed by atoms with van der Waals surface area (Å²) in [4.78, 5) is 0.167. The highest BCUT2D eigenvalue weighted by atomic mass is 35.5. The lowest BCUT2D eigenvalue weighted by Gasteiger charge is -2.01. The molecule has 0 unspecified atom stereocenters. The first-order chi connectivity index (χ1) is 6.06. The zero-order valence-electron chi connectivity index (χ0n) is 6.83. The van der Waals surface area contributed by atoms with Crippen molar-refractivity contribution in [3.63, 3.8) is 0 Å². The number of sulfone groups is 1. The highest BCUT2D eigenvalue weighted by Crippen LogP contribution is 2.15. The first-order valence-corrected chi connectivity index (χ1v) is 5.85. The van der Waals surface area contributed by atoms with Crippen LogP contribution >= 0.6 is 11.6 Å². The molecule has 1 radical (unpaired) electrons. The molecule has 0 heterocycles. The summed E-state index contributed by atoms with van der Waals surface area (Å²) in [6.07, 6.45) is 0. The van der Waals surface area contributed by atoms with Gasteiger partial charge in [-0.25, -0.2) is 8.42 Å².